The molecule has 1 aliphatic heterocycles. The predicted octanol–water partition coefficient (Wildman–Crippen LogP) is 4.35. The normalized spacial score (nSPS) is 14.9. The van der Waals surface area contributed by atoms with Crippen molar-refractivity contribution in [1.82, 2.24) is 0 Å². The second-order valence-electron chi connectivity index (χ2n) is 8.03. The van der Waals surface area contributed by atoms with Crippen molar-refractivity contribution in [3.8, 4) is 11.5 Å². The molecule has 0 unspecified atom stereocenters. The van der Waals surface area contributed by atoms with Crippen molar-refractivity contribution >= 4 is 40.9 Å². The van der Waals surface area contributed by atoms with E-state index < -0.39 is 30.2 Å². The van der Waals surface area contributed by atoms with E-state index in [-0.39, 0.29) is 30.2 Å². The van der Waals surface area contributed by atoms with Crippen LogP contribution >= 0.6 is 11.6 Å². The lowest BCUT2D eigenvalue weighted by atomic mass is 10.1. The van der Waals surface area contributed by atoms with Gasteiger partial charge in [-0.1, -0.05) is 29.8 Å². The van der Waals surface area contributed by atoms with Gasteiger partial charge in [0.2, 0.25) is 5.91 Å². The number of benzene rings is 3. The lowest BCUT2D eigenvalue weighted by Crippen LogP contribution is -2.27. The molecule has 1 atom stereocenters. The average Bonchev–Trinajstić information content (AvgIpc) is 3.29. The third-order valence-corrected chi connectivity index (χ3v) is 5.87. The molecule has 0 radical (unpaired) electrons. The first-order chi connectivity index (χ1) is 17.4. The van der Waals surface area contributed by atoms with Crippen molar-refractivity contribution in [2.75, 3.05) is 25.2 Å². The Morgan fingerprint density at radius 2 is 1.69 bits per heavy atom. The van der Waals surface area contributed by atoms with E-state index in [4.69, 9.17) is 25.8 Å². The topological polar surface area (TPSA) is 99.2 Å². The number of hydrogen-bond acceptors (Lipinski definition) is 7. The molecule has 0 saturated carbocycles. The minimum absolute atomic E-state index is 0.0514. The molecule has 1 amide bonds. The summed E-state index contributed by atoms with van der Waals surface area (Å²) in [5.74, 6) is -1.86. The largest absolute Gasteiger partial charge is 0.495 e. The van der Waals surface area contributed by atoms with E-state index in [1.54, 1.807) is 48.5 Å². The van der Waals surface area contributed by atoms with Gasteiger partial charge in [-0.05, 0) is 54.6 Å². The maximum Gasteiger partial charge on any atom is 0.343 e. The number of halogens is 1. The molecule has 3 aromatic carbocycles. The number of esters is 2. The van der Waals surface area contributed by atoms with Crippen molar-refractivity contribution in [1.29, 1.82) is 0 Å². The SMILES string of the molecule is COc1ccc(Cl)cc1N1C[C@H](C(=O)OCC(=O)c2ccc(OC(=O)c3ccccc3)cc2)CC1=O. The van der Waals surface area contributed by atoms with Crippen LogP contribution in [0.3, 0.4) is 0 Å². The number of methoxy groups -OCH3 is 1. The highest BCUT2D eigenvalue weighted by atomic mass is 35.5. The van der Waals surface area contributed by atoms with Crippen molar-refractivity contribution in [2.45, 2.75) is 6.42 Å². The Kier molecular flexibility index (Phi) is 7.65. The lowest BCUT2D eigenvalue weighted by molar-refractivity contribution is -0.147. The number of hydrogen-bond donors (Lipinski definition) is 0. The zero-order valence-electron chi connectivity index (χ0n) is 19.3. The number of nitrogens with zero attached hydrogens (tertiary/aromatic N) is 1. The van der Waals surface area contributed by atoms with Gasteiger partial charge in [0.25, 0.3) is 0 Å². The Hall–Kier alpha value is -4.17. The smallest absolute Gasteiger partial charge is 0.343 e. The molecule has 8 nitrogen and oxygen atoms in total. The quantitative estimate of drug-likeness (QED) is 0.254. The molecule has 1 fully saturated rings. The molecule has 0 aliphatic carbocycles. The highest BCUT2D eigenvalue weighted by Gasteiger charge is 2.37. The molecule has 0 spiro atoms. The van der Waals surface area contributed by atoms with Gasteiger partial charge in [0, 0.05) is 23.6 Å². The van der Waals surface area contributed by atoms with Crippen molar-refractivity contribution in [3.05, 3.63) is 88.9 Å². The molecular weight excluding hydrogens is 486 g/mol. The minimum Gasteiger partial charge on any atom is -0.495 e. The molecule has 0 N–H and O–H groups in total. The van der Waals surface area contributed by atoms with Gasteiger partial charge in [0.15, 0.2) is 12.4 Å². The number of carbonyl (C=O) groups excluding carboxylic acids is 4. The van der Waals surface area contributed by atoms with Gasteiger partial charge >= 0.3 is 11.9 Å². The van der Waals surface area contributed by atoms with Gasteiger partial charge in [-0.15, -0.1) is 0 Å². The maximum atomic E-state index is 12.6. The van der Waals surface area contributed by atoms with E-state index in [0.29, 0.717) is 22.0 Å². The number of rotatable bonds is 8. The molecule has 0 aromatic heterocycles. The molecule has 4 rings (SSSR count). The zero-order valence-corrected chi connectivity index (χ0v) is 20.1. The van der Waals surface area contributed by atoms with E-state index in [1.807, 2.05) is 0 Å². The molecule has 1 heterocycles. The summed E-state index contributed by atoms with van der Waals surface area (Å²) in [4.78, 5) is 51.2. The van der Waals surface area contributed by atoms with Crippen molar-refractivity contribution < 1.29 is 33.4 Å². The Balaban J connectivity index is 1.31. The third kappa shape index (κ3) is 5.72. The van der Waals surface area contributed by atoms with Crippen molar-refractivity contribution in [3.63, 3.8) is 0 Å². The zero-order chi connectivity index (χ0) is 25.7. The number of amides is 1. The van der Waals surface area contributed by atoms with Crippen LogP contribution in [0.25, 0.3) is 0 Å². The van der Waals surface area contributed by atoms with Crippen molar-refractivity contribution in [2.24, 2.45) is 5.92 Å². The highest BCUT2D eigenvalue weighted by molar-refractivity contribution is 6.31. The van der Waals surface area contributed by atoms with Crippen LogP contribution in [0.1, 0.15) is 27.1 Å². The van der Waals surface area contributed by atoms with Gasteiger partial charge < -0.3 is 19.1 Å². The first kappa shape index (κ1) is 24.9. The van der Waals surface area contributed by atoms with E-state index in [9.17, 15) is 19.2 Å². The Bertz CT molecular complexity index is 1290. The van der Waals surface area contributed by atoms with E-state index in [2.05, 4.69) is 0 Å². The number of Topliss-reactive ketones (excluding diaryl/α,β-unsaturated/α-hetero) is 1. The summed E-state index contributed by atoms with van der Waals surface area (Å²) in [7, 11) is 1.48. The summed E-state index contributed by atoms with van der Waals surface area (Å²) in [5.41, 5.74) is 1.16. The highest BCUT2D eigenvalue weighted by Crippen LogP contribution is 2.35. The van der Waals surface area contributed by atoms with Gasteiger partial charge in [-0.3, -0.25) is 14.4 Å². The minimum atomic E-state index is -0.728. The molecule has 36 heavy (non-hydrogen) atoms. The van der Waals surface area contributed by atoms with Crippen LogP contribution in [0.2, 0.25) is 5.02 Å². The fourth-order valence-corrected chi connectivity index (χ4v) is 3.93. The van der Waals surface area contributed by atoms with Crippen LogP contribution in [0.5, 0.6) is 11.5 Å². The summed E-state index contributed by atoms with van der Waals surface area (Å²) in [6.45, 7) is -0.392. The van der Waals surface area contributed by atoms with E-state index in [1.165, 1.54) is 36.3 Å². The third-order valence-electron chi connectivity index (χ3n) is 5.63. The van der Waals surface area contributed by atoms with Gasteiger partial charge in [0.1, 0.15) is 11.5 Å². The summed E-state index contributed by atoms with van der Waals surface area (Å²) in [6.07, 6.45) is -0.0514. The van der Waals surface area contributed by atoms with Gasteiger partial charge in [0.05, 0.1) is 24.3 Å². The predicted molar refractivity (Wildman–Crippen MR) is 132 cm³/mol. The molecule has 1 aliphatic rings. The Labute approximate surface area is 212 Å². The monoisotopic (exact) mass is 507 g/mol. The molecular formula is C27H22ClNO7. The number of anilines is 1. The molecule has 1 saturated heterocycles. The summed E-state index contributed by atoms with van der Waals surface area (Å²) in [6, 6.07) is 19.3. The van der Waals surface area contributed by atoms with Crippen LogP contribution in [0.15, 0.2) is 72.8 Å². The Morgan fingerprint density at radius 3 is 2.39 bits per heavy atom. The lowest BCUT2D eigenvalue weighted by Gasteiger charge is -2.19. The van der Waals surface area contributed by atoms with Crippen LogP contribution in [0.4, 0.5) is 5.69 Å². The van der Waals surface area contributed by atoms with Gasteiger partial charge in [-0.25, -0.2) is 4.79 Å². The van der Waals surface area contributed by atoms with E-state index in [0.717, 1.165) is 0 Å². The van der Waals surface area contributed by atoms with E-state index >= 15 is 0 Å². The van der Waals surface area contributed by atoms with Gasteiger partial charge in [-0.2, -0.15) is 0 Å². The summed E-state index contributed by atoms with van der Waals surface area (Å²) < 4.78 is 15.8. The summed E-state index contributed by atoms with van der Waals surface area (Å²) in [5, 5.41) is 0.427. The molecule has 0 bridgehead atoms. The number of ketones is 1. The molecule has 3 aromatic rings. The van der Waals surface area contributed by atoms with Crippen LogP contribution < -0.4 is 14.4 Å². The first-order valence-corrected chi connectivity index (χ1v) is 11.4. The average molecular weight is 508 g/mol. The standard InChI is InChI=1S/C27H22ClNO7/c1-34-24-12-9-20(28)14-22(24)29-15-19(13-25(29)31)26(32)35-16-23(30)17-7-10-21(11-8-17)36-27(33)18-5-3-2-4-6-18/h2-12,14,19H,13,15-16H2,1H3/t19-/m1/s1. The van der Waals surface area contributed by atoms with Crippen LogP contribution in [-0.2, 0) is 14.3 Å². The Morgan fingerprint density at radius 1 is 0.972 bits per heavy atom. The summed E-state index contributed by atoms with van der Waals surface area (Å²) >= 11 is 6.06. The molecule has 9 heteroatoms. The number of carbonyl (C=O) groups is 4. The van der Waals surface area contributed by atoms with Crippen LogP contribution in [-0.4, -0.2) is 43.9 Å². The molecule has 184 valence electrons. The fraction of sp³-hybridized carbons (Fsp3) is 0.185. The number of ether oxygens (including phenoxy) is 3. The second kappa shape index (κ2) is 11.0. The first-order valence-electron chi connectivity index (χ1n) is 11.1. The maximum absolute atomic E-state index is 12.6. The van der Waals surface area contributed by atoms with Crippen LogP contribution in [0, 0.1) is 5.92 Å². The fourth-order valence-electron chi connectivity index (χ4n) is 3.76. The second-order valence-corrected chi connectivity index (χ2v) is 8.47.